The smallest absolute Gasteiger partial charge is 0.195 e. The fraction of sp³-hybridized carbons (Fsp3) is 0.350. The summed E-state index contributed by atoms with van der Waals surface area (Å²) < 4.78 is 10.6. The highest BCUT2D eigenvalue weighted by molar-refractivity contribution is 5.93. The Labute approximate surface area is 150 Å². The van der Waals surface area contributed by atoms with Crippen molar-refractivity contribution >= 4 is 11.6 Å². The van der Waals surface area contributed by atoms with Crippen molar-refractivity contribution in [2.45, 2.75) is 19.8 Å². The topological polar surface area (TPSA) is 54.9 Å². The van der Waals surface area contributed by atoms with E-state index in [4.69, 9.17) is 9.47 Å². The van der Waals surface area contributed by atoms with Crippen LogP contribution in [0.2, 0.25) is 0 Å². The van der Waals surface area contributed by atoms with Crippen molar-refractivity contribution in [1.82, 2.24) is 5.32 Å². The van der Waals surface area contributed by atoms with Gasteiger partial charge in [-0.15, -0.1) is 0 Å². The molecule has 0 saturated carbocycles. The molecule has 0 saturated heterocycles. The Bertz CT molecular complexity index is 729. The second kappa shape index (κ2) is 8.97. The summed E-state index contributed by atoms with van der Waals surface area (Å²) >= 11 is 0. The predicted molar refractivity (Wildman–Crippen MR) is 104 cm³/mol. The van der Waals surface area contributed by atoms with Gasteiger partial charge in [-0.25, -0.2) is 0 Å². The van der Waals surface area contributed by atoms with Gasteiger partial charge in [0.15, 0.2) is 17.5 Å². The van der Waals surface area contributed by atoms with Crippen LogP contribution >= 0.6 is 0 Å². The van der Waals surface area contributed by atoms with Gasteiger partial charge < -0.3 is 20.1 Å². The molecule has 5 heteroatoms. The number of aliphatic imine (C=N–C) groups is 1. The Morgan fingerprint density at radius 1 is 1.08 bits per heavy atom. The number of hydrogen-bond acceptors (Lipinski definition) is 3. The highest BCUT2D eigenvalue weighted by atomic mass is 16.5. The van der Waals surface area contributed by atoms with Crippen molar-refractivity contribution in [3.63, 3.8) is 0 Å². The Morgan fingerprint density at radius 3 is 2.48 bits per heavy atom. The first-order valence-electron chi connectivity index (χ1n) is 8.33. The number of aryl methyl sites for hydroxylation is 1. The number of guanidine groups is 1. The molecule has 2 rings (SSSR count). The molecule has 1 atom stereocenters. The van der Waals surface area contributed by atoms with Gasteiger partial charge in [0.1, 0.15) is 0 Å². The number of ether oxygens (including phenoxy) is 2. The summed E-state index contributed by atoms with van der Waals surface area (Å²) in [4.78, 5) is 4.29. The highest BCUT2D eigenvalue weighted by Gasteiger charge is 2.09. The zero-order valence-electron chi connectivity index (χ0n) is 15.6. The third kappa shape index (κ3) is 5.14. The standard InChI is InChI=1S/C20H27N3O2/c1-14-7-6-8-16(11-14)15(2)13-22-20(21-3)23-17-9-10-18(24-4)19(12-17)25-5/h6-12,15H,13H2,1-5H3,(H2,21,22,23). The van der Waals surface area contributed by atoms with Crippen LogP contribution < -0.4 is 20.1 Å². The van der Waals surface area contributed by atoms with Crippen LogP contribution in [0.1, 0.15) is 24.0 Å². The summed E-state index contributed by atoms with van der Waals surface area (Å²) in [6.07, 6.45) is 0. The Kier molecular flexibility index (Phi) is 6.69. The molecule has 2 aromatic carbocycles. The molecule has 0 aliphatic rings. The third-order valence-electron chi connectivity index (χ3n) is 4.06. The molecule has 0 heterocycles. The lowest BCUT2D eigenvalue weighted by molar-refractivity contribution is 0.355. The van der Waals surface area contributed by atoms with E-state index in [1.165, 1.54) is 11.1 Å². The largest absolute Gasteiger partial charge is 0.493 e. The van der Waals surface area contributed by atoms with Crippen LogP contribution in [0, 0.1) is 6.92 Å². The predicted octanol–water partition coefficient (Wildman–Crippen LogP) is 3.80. The maximum atomic E-state index is 5.33. The molecule has 2 N–H and O–H groups in total. The van der Waals surface area contributed by atoms with Gasteiger partial charge in [-0.05, 0) is 30.5 Å². The van der Waals surface area contributed by atoms with Crippen LogP contribution in [0.4, 0.5) is 5.69 Å². The summed E-state index contributed by atoms with van der Waals surface area (Å²) in [7, 11) is 5.00. The minimum Gasteiger partial charge on any atom is -0.493 e. The van der Waals surface area contributed by atoms with Crippen LogP contribution in [0.3, 0.4) is 0 Å². The lowest BCUT2D eigenvalue weighted by atomic mass is 9.99. The van der Waals surface area contributed by atoms with Crippen molar-refractivity contribution in [3.8, 4) is 11.5 Å². The van der Waals surface area contributed by atoms with Gasteiger partial charge in [-0.3, -0.25) is 4.99 Å². The van der Waals surface area contributed by atoms with Gasteiger partial charge in [-0.2, -0.15) is 0 Å². The van der Waals surface area contributed by atoms with E-state index in [0.29, 0.717) is 23.4 Å². The molecule has 0 aliphatic carbocycles. The summed E-state index contributed by atoms with van der Waals surface area (Å²) in [6.45, 7) is 5.10. The number of nitrogens with one attached hydrogen (secondary N) is 2. The van der Waals surface area contributed by atoms with Gasteiger partial charge in [0.2, 0.25) is 0 Å². The number of benzene rings is 2. The fourth-order valence-corrected chi connectivity index (χ4v) is 2.57. The number of nitrogens with zero attached hydrogens (tertiary/aromatic N) is 1. The molecule has 0 aliphatic heterocycles. The molecule has 0 spiro atoms. The van der Waals surface area contributed by atoms with Gasteiger partial charge in [-0.1, -0.05) is 36.8 Å². The van der Waals surface area contributed by atoms with Gasteiger partial charge in [0.05, 0.1) is 14.2 Å². The summed E-state index contributed by atoms with van der Waals surface area (Å²) in [5.41, 5.74) is 3.47. The molecule has 2 aromatic rings. The SMILES string of the molecule is CN=C(NCC(C)c1cccc(C)c1)Nc1ccc(OC)c(OC)c1. The molecule has 0 bridgehead atoms. The molecule has 134 valence electrons. The lowest BCUT2D eigenvalue weighted by Crippen LogP contribution is -2.33. The lowest BCUT2D eigenvalue weighted by Gasteiger charge is -2.17. The van der Waals surface area contributed by atoms with Crippen molar-refractivity contribution in [2.24, 2.45) is 4.99 Å². The third-order valence-corrected chi connectivity index (χ3v) is 4.06. The van der Waals surface area contributed by atoms with Crippen molar-refractivity contribution in [2.75, 3.05) is 33.1 Å². The van der Waals surface area contributed by atoms with E-state index in [1.807, 2.05) is 18.2 Å². The number of methoxy groups -OCH3 is 2. The average Bonchev–Trinajstić information content (AvgIpc) is 2.64. The molecule has 1 unspecified atom stereocenters. The highest BCUT2D eigenvalue weighted by Crippen LogP contribution is 2.29. The monoisotopic (exact) mass is 341 g/mol. The maximum Gasteiger partial charge on any atom is 0.195 e. The number of hydrogen-bond donors (Lipinski definition) is 2. The van der Waals surface area contributed by atoms with Gasteiger partial charge in [0.25, 0.3) is 0 Å². The first-order valence-corrected chi connectivity index (χ1v) is 8.33. The minimum absolute atomic E-state index is 0.379. The molecule has 5 nitrogen and oxygen atoms in total. The van der Waals surface area contributed by atoms with Crippen molar-refractivity contribution in [3.05, 3.63) is 53.6 Å². The second-order valence-corrected chi connectivity index (χ2v) is 5.96. The molecule has 0 amide bonds. The van der Waals surface area contributed by atoms with Crippen LogP contribution in [-0.4, -0.2) is 33.8 Å². The fourth-order valence-electron chi connectivity index (χ4n) is 2.57. The second-order valence-electron chi connectivity index (χ2n) is 5.96. The summed E-state index contributed by atoms with van der Waals surface area (Å²) in [5.74, 6) is 2.47. The Hall–Kier alpha value is -2.69. The van der Waals surface area contributed by atoms with E-state index in [9.17, 15) is 0 Å². The van der Waals surface area contributed by atoms with E-state index in [-0.39, 0.29) is 0 Å². The van der Waals surface area contributed by atoms with Crippen LogP contribution in [0.15, 0.2) is 47.5 Å². The molecular weight excluding hydrogens is 314 g/mol. The molecule has 25 heavy (non-hydrogen) atoms. The van der Waals surface area contributed by atoms with E-state index < -0.39 is 0 Å². The first kappa shape index (κ1) is 18.6. The van der Waals surface area contributed by atoms with Crippen LogP contribution in [-0.2, 0) is 0 Å². The zero-order valence-corrected chi connectivity index (χ0v) is 15.6. The summed E-state index contributed by atoms with van der Waals surface area (Å²) in [6, 6.07) is 14.3. The molecular formula is C20H27N3O2. The van der Waals surface area contributed by atoms with E-state index in [0.717, 1.165) is 12.2 Å². The van der Waals surface area contributed by atoms with E-state index in [2.05, 4.69) is 53.7 Å². The van der Waals surface area contributed by atoms with Gasteiger partial charge in [0, 0.05) is 25.3 Å². The number of rotatable bonds is 6. The van der Waals surface area contributed by atoms with Crippen LogP contribution in [0.25, 0.3) is 0 Å². The quantitative estimate of drug-likeness (QED) is 0.620. The van der Waals surface area contributed by atoms with Crippen LogP contribution in [0.5, 0.6) is 11.5 Å². The van der Waals surface area contributed by atoms with E-state index in [1.54, 1.807) is 21.3 Å². The van der Waals surface area contributed by atoms with Crippen molar-refractivity contribution in [1.29, 1.82) is 0 Å². The molecule has 0 radical (unpaired) electrons. The average molecular weight is 341 g/mol. The number of anilines is 1. The Balaban J connectivity index is 1.99. The van der Waals surface area contributed by atoms with Gasteiger partial charge >= 0.3 is 0 Å². The molecule has 0 aromatic heterocycles. The first-order chi connectivity index (χ1) is 12.1. The summed E-state index contributed by atoms with van der Waals surface area (Å²) in [5, 5.41) is 6.64. The zero-order chi connectivity index (χ0) is 18.2. The molecule has 0 fully saturated rings. The maximum absolute atomic E-state index is 5.33. The minimum atomic E-state index is 0.379. The van der Waals surface area contributed by atoms with E-state index >= 15 is 0 Å². The van der Waals surface area contributed by atoms with Crippen molar-refractivity contribution < 1.29 is 9.47 Å². The Morgan fingerprint density at radius 2 is 1.84 bits per heavy atom. The normalized spacial score (nSPS) is 12.4.